The van der Waals surface area contributed by atoms with Gasteiger partial charge in [0.1, 0.15) is 6.17 Å². The number of hydrogen-bond acceptors (Lipinski definition) is 6. The molecular weight excluding hydrogens is 402 g/mol. The number of carbonyl (C=O) groups is 2. The number of hydrogen-bond donors (Lipinski definition) is 2. The third-order valence-corrected chi connectivity index (χ3v) is 6.12. The molecule has 2 atom stereocenters. The molecule has 0 radical (unpaired) electrons. The quantitative estimate of drug-likeness (QED) is 0.282. The molecular formula is C15H23Cl2N4O4P. The van der Waals surface area contributed by atoms with E-state index in [1.54, 1.807) is 19.2 Å². The highest BCUT2D eigenvalue weighted by molar-refractivity contribution is 7.47. The Balaban J connectivity index is 1.99. The number of amides is 2. The molecule has 0 aromatic carbocycles. The third-order valence-electron chi connectivity index (χ3n) is 3.92. The van der Waals surface area contributed by atoms with Crippen molar-refractivity contribution in [3.8, 4) is 0 Å². The summed E-state index contributed by atoms with van der Waals surface area (Å²) in [5.41, 5.74) is 0.564. The zero-order chi connectivity index (χ0) is 19.1. The van der Waals surface area contributed by atoms with Gasteiger partial charge in [0, 0.05) is 50.4 Å². The lowest BCUT2D eigenvalue weighted by atomic mass is 10.1. The van der Waals surface area contributed by atoms with Gasteiger partial charge in [-0.05, 0) is 12.2 Å². The molecule has 2 amide bonds. The normalized spacial score (nSPS) is 23.1. The van der Waals surface area contributed by atoms with E-state index in [0.717, 1.165) is 0 Å². The van der Waals surface area contributed by atoms with E-state index >= 15 is 0 Å². The Bertz CT molecular complexity index is 572. The van der Waals surface area contributed by atoms with Crippen molar-refractivity contribution < 1.29 is 19.3 Å². The summed E-state index contributed by atoms with van der Waals surface area (Å²) < 4.78 is 7.71. The summed E-state index contributed by atoms with van der Waals surface area (Å²) in [5, 5.41) is 14.2. The number of urea groups is 1. The van der Waals surface area contributed by atoms with Gasteiger partial charge in [-0.25, -0.2) is 14.6 Å². The number of nitrogens with zero attached hydrogens (tertiary/aromatic N) is 3. The standard InChI is InChI=1S/C15H23Cl2N4O4P/c1-19(12-2-4-13(22)5-3-12)15(23)21(24)14-6-11-25-26(18-14)20(9-7-16)10-8-17/h2-4,14,18,24H,5-11H2,1H3. The molecule has 26 heavy (non-hydrogen) atoms. The Kier molecular flexibility index (Phi) is 8.76. The first-order chi connectivity index (χ1) is 12.5. The molecule has 1 saturated heterocycles. The van der Waals surface area contributed by atoms with Crippen molar-refractivity contribution in [2.24, 2.45) is 0 Å². The predicted molar refractivity (Wildman–Crippen MR) is 101 cm³/mol. The van der Waals surface area contributed by atoms with E-state index in [2.05, 4.69) is 5.09 Å². The van der Waals surface area contributed by atoms with Crippen LogP contribution in [0.5, 0.6) is 0 Å². The molecule has 1 aliphatic carbocycles. The van der Waals surface area contributed by atoms with Crippen LogP contribution >= 0.6 is 31.7 Å². The number of hydroxylamine groups is 2. The number of ketones is 1. The van der Waals surface area contributed by atoms with Gasteiger partial charge in [0.2, 0.25) is 0 Å². The molecule has 1 aliphatic heterocycles. The Hall–Kier alpha value is -0.730. The molecule has 1 heterocycles. The number of carbonyl (C=O) groups excluding carboxylic acids is 2. The topological polar surface area (TPSA) is 85.3 Å². The number of rotatable bonds is 7. The summed E-state index contributed by atoms with van der Waals surface area (Å²) >= 11 is 11.6. The molecule has 0 aromatic heterocycles. The predicted octanol–water partition coefficient (Wildman–Crippen LogP) is 2.48. The minimum Gasteiger partial charge on any atom is -0.331 e. The first kappa shape index (κ1) is 21.6. The second-order valence-corrected chi connectivity index (χ2v) is 8.07. The summed E-state index contributed by atoms with van der Waals surface area (Å²) in [6, 6.07) is -0.592. The van der Waals surface area contributed by atoms with Crippen molar-refractivity contribution in [1.29, 1.82) is 0 Å². The van der Waals surface area contributed by atoms with Crippen LogP contribution in [0.15, 0.2) is 23.9 Å². The lowest BCUT2D eigenvalue weighted by molar-refractivity contribution is -0.114. The van der Waals surface area contributed by atoms with Crippen LogP contribution in [0.1, 0.15) is 12.8 Å². The van der Waals surface area contributed by atoms with Crippen molar-refractivity contribution >= 4 is 43.5 Å². The monoisotopic (exact) mass is 424 g/mol. The summed E-state index contributed by atoms with van der Waals surface area (Å²) in [5.74, 6) is 0.829. The van der Waals surface area contributed by atoms with E-state index in [1.807, 2.05) is 4.67 Å². The molecule has 0 saturated carbocycles. The van der Waals surface area contributed by atoms with Gasteiger partial charge < -0.3 is 4.52 Å². The molecule has 2 N–H and O–H groups in total. The van der Waals surface area contributed by atoms with Crippen LogP contribution in [0.3, 0.4) is 0 Å². The highest BCUT2D eigenvalue weighted by Gasteiger charge is 2.34. The molecule has 0 aromatic rings. The Labute approximate surface area is 164 Å². The average Bonchev–Trinajstić information content (AvgIpc) is 2.67. The number of nitrogens with one attached hydrogen (secondary N) is 1. The van der Waals surface area contributed by atoms with Gasteiger partial charge in [0.25, 0.3) is 0 Å². The largest absolute Gasteiger partial charge is 0.349 e. The maximum absolute atomic E-state index is 12.6. The molecule has 0 bridgehead atoms. The van der Waals surface area contributed by atoms with Crippen molar-refractivity contribution in [3.05, 3.63) is 23.9 Å². The van der Waals surface area contributed by atoms with Crippen LogP contribution < -0.4 is 5.09 Å². The fraction of sp³-hybridized carbons (Fsp3) is 0.600. The second kappa shape index (κ2) is 10.6. The van der Waals surface area contributed by atoms with Gasteiger partial charge in [-0.3, -0.25) is 14.9 Å². The van der Waals surface area contributed by atoms with Crippen molar-refractivity contribution in [3.63, 3.8) is 0 Å². The SMILES string of the molecule is CN(C(=O)N(O)C1CCOP(N(CCCl)CCCl)N1)C1=CCC(=O)C=C1. The Morgan fingerprint density at radius 2 is 2.08 bits per heavy atom. The Morgan fingerprint density at radius 3 is 2.65 bits per heavy atom. The summed E-state index contributed by atoms with van der Waals surface area (Å²) in [6.45, 7) is 1.57. The number of likely N-dealkylation sites (N-methyl/N-ethyl adjacent to an activating group) is 1. The van der Waals surface area contributed by atoms with E-state index in [-0.39, 0.29) is 12.2 Å². The van der Waals surface area contributed by atoms with Crippen LogP contribution in [-0.2, 0) is 9.32 Å². The van der Waals surface area contributed by atoms with E-state index in [0.29, 0.717) is 48.6 Å². The van der Waals surface area contributed by atoms with Crippen LogP contribution in [0.2, 0.25) is 0 Å². The number of halogens is 2. The van der Waals surface area contributed by atoms with E-state index in [1.165, 1.54) is 11.0 Å². The average molecular weight is 425 g/mol. The minimum atomic E-state index is -1.21. The fourth-order valence-corrected chi connectivity index (χ4v) is 4.85. The van der Waals surface area contributed by atoms with Crippen molar-refractivity contribution in [2.75, 3.05) is 38.5 Å². The molecule has 2 aliphatic rings. The number of allylic oxidation sites excluding steroid dienone is 3. The summed E-state index contributed by atoms with van der Waals surface area (Å²) in [7, 11) is 0.334. The van der Waals surface area contributed by atoms with Crippen molar-refractivity contribution in [1.82, 2.24) is 19.7 Å². The van der Waals surface area contributed by atoms with Gasteiger partial charge in [-0.2, -0.15) is 5.06 Å². The van der Waals surface area contributed by atoms with Crippen molar-refractivity contribution in [2.45, 2.75) is 19.0 Å². The van der Waals surface area contributed by atoms with Gasteiger partial charge in [0.05, 0.1) is 6.61 Å². The highest BCUT2D eigenvalue weighted by atomic mass is 35.5. The zero-order valence-electron chi connectivity index (χ0n) is 14.5. The molecule has 146 valence electrons. The van der Waals surface area contributed by atoms with Gasteiger partial charge in [-0.1, -0.05) is 6.08 Å². The smallest absolute Gasteiger partial charge is 0.331 e. The van der Waals surface area contributed by atoms with Gasteiger partial charge in [0.15, 0.2) is 14.2 Å². The van der Waals surface area contributed by atoms with E-state index < -0.39 is 20.6 Å². The third kappa shape index (κ3) is 5.63. The lowest BCUT2D eigenvalue weighted by Gasteiger charge is -2.39. The first-order valence-corrected chi connectivity index (χ1v) is 10.5. The summed E-state index contributed by atoms with van der Waals surface area (Å²) in [6.07, 6.45) is 4.72. The molecule has 8 nitrogen and oxygen atoms in total. The zero-order valence-corrected chi connectivity index (χ0v) is 16.9. The first-order valence-electron chi connectivity index (χ1n) is 8.20. The highest BCUT2D eigenvalue weighted by Crippen LogP contribution is 2.41. The lowest BCUT2D eigenvalue weighted by Crippen LogP contribution is -2.52. The maximum atomic E-state index is 12.6. The van der Waals surface area contributed by atoms with E-state index in [9.17, 15) is 14.8 Å². The maximum Gasteiger partial charge on any atom is 0.349 e. The minimum absolute atomic E-state index is 0.0223. The van der Waals surface area contributed by atoms with E-state index in [4.69, 9.17) is 27.7 Å². The fourth-order valence-electron chi connectivity index (χ4n) is 2.47. The van der Waals surface area contributed by atoms with Crippen LogP contribution in [0.4, 0.5) is 4.79 Å². The molecule has 2 rings (SSSR count). The van der Waals surface area contributed by atoms with Gasteiger partial charge in [-0.15, -0.1) is 23.2 Å². The Morgan fingerprint density at radius 1 is 1.38 bits per heavy atom. The molecule has 2 unspecified atom stereocenters. The molecule has 1 fully saturated rings. The van der Waals surface area contributed by atoms with Crippen LogP contribution in [-0.4, -0.2) is 76.3 Å². The molecule has 11 heteroatoms. The van der Waals surface area contributed by atoms with Crippen LogP contribution in [0.25, 0.3) is 0 Å². The molecule has 0 spiro atoms. The second-order valence-electron chi connectivity index (χ2n) is 5.69. The van der Waals surface area contributed by atoms with Crippen LogP contribution in [0, 0.1) is 0 Å². The number of alkyl halides is 2. The van der Waals surface area contributed by atoms with Gasteiger partial charge >= 0.3 is 6.03 Å². The summed E-state index contributed by atoms with van der Waals surface area (Å²) in [4.78, 5) is 25.1.